The van der Waals surface area contributed by atoms with E-state index < -0.39 is 0 Å². The van der Waals surface area contributed by atoms with Gasteiger partial charge in [-0.15, -0.1) is 0 Å². The Balaban J connectivity index is 2.31. The summed E-state index contributed by atoms with van der Waals surface area (Å²) in [5.74, 6) is 0. The van der Waals surface area contributed by atoms with Crippen LogP contribution in [0.4, 0.5) is 5.69 Å². The SMILES string of the molecule is CN(Cc1ccccc1)c1cccc(Cl)c1C(N)=S. The molecule has 0 aromatic heterocycles. The molecular weight excluding hydrogens is 276 g/mol. The second kappa shape index (κ2) is 6.04. The Kier molecular flexibility index (Phi) is 4.40. The molecule has 0 unspecified atom stereocenters. The first-order chi connectivity index (χ1) is 9.09. The minimum absolute atomic E-state index is 0.320. The standard InChI is InChI=1S/C15H15ClN2S/c1-18(10-11-6-3-2-4-7-11)13-9-5-8-12(16)14(13)15(17)19/h2-9H,10H2,1H3,(H2,17,19). The molecule has 0 bridgehead atoms. The van der Waals surface area contributed by atoms with Crippen molar-refractivity contribution in [3.8, 4) is 0 Å². The van der Waals surface area contributed by atoms with Gasteiger partial charge >= 0.3 is 0 Å². The quantitative estimate of drug-likeness (QED) is 0.872. The number of nitrogens with zero attached hydrogens (tertiary/aromatic N) is 1. The zero-order valence-corrected chi connectivity index (χ0v) is 12.2. The molecule has 98 valence electrons. The van der Waals surface area contributed by atoms with Crippen LogP contribution < -0.4 is 10.6 Å². The molecule has 0 radical (unpaired) electrons. The van der Waals surface area contributed by atoms with Crippen LogP contribution in [0.3, 0.4) is 0 Å². The third kappa shape index (κ3) is 3.25. The van der Waals surface area contributed by atoms with Crippen molar-refractivity contribution in [1.82, 2.24) is 0 Å². The van der Waals surface area contributed by atoms with Crippen LogP contribution in [0.15, 0.2) is 48.5 Å². The van der Waals surface area contributed by atoms with Crippen LogP contribution in [0.1, 0.15) is 11.1 Å². The summed E-state index contributed by atoms with van der Waals surface area (Å²) in [5.41, 5.74) is 8.67. The molecule has 0 fully saturated rings. The molecule has 0 aliphatic carbocycles. The molecule has 2 aromatic rings. The zero-order chi connectivity index (χ0) is 13.8. The summed E-state index contributed by atoms with van der Waals surface area (Å²) in [6, 6.07) is 15.9. The molecule has 0 aliphatic heterocycles. The zero-order valence-electron chi connectivity index (χ0n) is 10.6. The van der Waals surface area contributed by atoms with Crippen molar-refractivity contribution in [2.24, 2.45) is 5.73 Å². The lowest BCUT2D eigenvalue weighted by atomic mass is 10.1. The summed E-state index contributed by atoms with van der Waals surface area (Å²) < 4.78 is 0. The molecule has 0 atom stereocenters. The molecule has 0 saturated heterocycles. The first-order valence-electron chi connectivity index (χ1n) is 5.93. The van der Waals surface area contributed by atoms with E-state index in [1.807, 2.05) is 37.4 Å². The summed E-state index contributed by atoms with van der Waals surface area (Å²) in [4.78, 5) is 2.41. The molecular formula is C15H15ClN2S. The van der Waals surface area contributed by atoms with E-state index in [-0.39, 0.29) is 0 Å². The van der Waals surface area contributed by atoms with Crippen LogP contribution >= 0.6 is 23.8 Å². The lowest BCUT2D eigenvalue weighted by molar-refractivity contribution is 0.922. The van der Waals surface area contributed by atoms with E-state index in [1.165, 1.54) is 5.56 Å². The highest BCUT2D eigenvalue weighted by molar-refractivity contribution is 7.80. The summed E-state index contributed by atoms with van der Waals surface area (Å²) in [6.45, 7) is 0.775. The minimum atomic E-state index is 0.320. The maximum atomic E-state index is 6.18. The van der Waals surface area contributed by atoms with Crippen molar-refractivity contribution in [3.63, 3.8) is 0 Å². The van der Waals surface area contributed by atoms with Gasteiger partial charge in [0.05, 0.1) is 10.6 Å². The summed E-state index contributed by atoms with van der Waals surface area (Å²) in [7, 11) is 2.00. The molecule has 0 spiro atoms. The number of nitrogens with two attached hydrogens (primary N) is 1. The Morgan fingerprint density at radius 1 is 1.16 bits per heavy atom. The van der Waals surface area contributed by atoms with Crippen LogP contribution in [0.5, 0.6) is 0 Å². The van der Waals surface area contributed by atoms with Crippen molar-refractivity contribution in [1.29, 1.82) is 0 Å². The average molecular weight is 291 g/mol. The van der Waals surface area contributed by atoms with Crippen LogP contribution in [-0.2, 0) is 6.54 Å². The van der Waals surface area contributed by atoms with Crippen LogP contribution in [0, 0.1) is 0 Å². The lowest BCUT2D eigenvalue weighted by Gasteiger charge is -2.23. The fraction of sp³-hybridized carbons (Fsp3) is 0.133. The molecule has 2 nitrogen and oxygen atoms in total. The van der Waals surface area contributed by atoms with Crippen molar-refractivity contribution in [2.45, 2.75) is 6.54 Å². The van der Waals surface area contributed by atoms with E-state index in [1.54, 1.807) is 6.07 Å². The van der Waals surface area contributed by atoms with Crippen molar-refractivity contribution in [3.05, 3.63) is 64.7 Å². The highest BCUT2D eigenvalue weighted by atomic mass is 35.5. The first kappa shape index (κ1) is 13.8. The Morgan fingerprint density at radius 2 is 1.84 bits per heavy atom. The van der Waals surface area contributed by atoms with Gasteiger partial charge in [-0.25, -0.2) is 0 Å². The number of halogens is 1. The molecule has 19 heavy (non-hydrogen) atoms. The maximum Gasteiger partial charge on any atom is 0.107 e. The number of hydrogen-bond acceptors (Lipinski definition) is 2. The van der Waals surface area contributed by atoms with Crippen molar-refractivity contribution < 1.29 is 0 Å². The van der Waals surface area contributed by atoms with E-state index >= 15 is 0 Å². The fourth-order valence-electron chi connectivity index (χ4n) is 2.02. The second-order valence-electron chi connectivity index (χ2n) is 4.34. The van der Waals surface area contributed by atoms with Gasteiger partial charge in [-0.05, 0) is 17.7 Å². The number of thiocarbonyl (C=S) groups is 1. The number of anilines is 1. The Bertz CT molecular complexity index is 584. The summed E-state index contributed by atoms with van der Waals surface area (Å²) >= 11 is 11.3. The Morgan fingerprint density at radius 3 is 2.47 bits per heavy atom. The van der Waals surface area contributed by atoms with Gasteiger partial charge in [-0.2, -0.15) is 0 Å². The van der Waals surface area contributed by atoms with E-state index in [0.29, 0.717) is 10.0 Å². The number of rotatable bonds is 4. The monoisotopic (exact) mass is 290 g/mol. The Labute approximate surface area is 123 Å². The predicted octanol–water partition coefficient (Wildman–Crippen LogP) is 3.61. The molecule has 0 heterocycles. The molecule has 2 aromatic carbocycles. The van der Waals surface area contributed by atoms with E-state index in [2.05, 4.69) is 17.0 Å². The molecule has 0 saturated carbocycles. The minimum Gasteiger partial charge on any atom is -0.389 e. The largest absolute Gasteiger partial charge is 0.389 e. The molecule has 0 aliphatic rings. The van der Waals surface area contributed by atoms with Gasteiger partial charge in [-0.3, -0.25) is 0 Å². The molecule has 2 N–H and O–H groups in total. The van der Waals surface area contributed by atoms with Crippen LogP contribution in [0.2, 0.25) is 5.02 Å². The van der Waals surface area contributed by atoms with Crippen molar-refractivity contribution >= 4 is 34.5 Å². The summed E-state index contributed by atoms with van der Waals surface area (Å²) in [5, 5.41) is 0.588. The predicted molar refractivity (Wildman–Crippen MR) is 85.9 cm³/mol. The van der Waals surface area contributed by atoms with Gasteiger partial charge < -0.3 is 10.6 Å². The van der Waals surface area contributed by atoms with Crippen molar-refractivity contribution in [2.75, 3.05) is 11.9 Å². The third-order valence-corrected chi connectivity index (χ3v) is 3.43. The van der Waals surface area contributed by atoms with E-state index in [4.69, 9.17) is 29.6 Å². The van der Waals surface area contributed by atoms with Gasteiger partial charge in [0.2, 0.25) is 0 Å². The summed E-state index contributed by atoms with van der Waals surface area (Å²) in [6.07, 6.45) is 0. The van der Waals surface area contributed by atoms with Gasteiger partial charge in [-0.1, -0.05) is 60.2 Å². The molecule has 0 amide bonds. The average Bonchev–Trinajstić information content (AvgIpc) is 2.39. The first-order valence-corrected chi connectivity index (χ1v) is 6.71. The van der Waals surface area contributed by atoms with E-state index in [0.717, 1.165) is 17.8 Å². The number of hydrogen-bond donors (Lipinski definition) is 1. The van der Waals surface area contributed by atoms with Crippen LogP contribution in [0.25, 0.3) is 0 Å². The van der Waals surface area contributed by atoms with Gasteiger partial charge in [0.1, 0.15) is 4.99 Å². The van der Waals surface area contributed by atoms with Gasteiger partial charge in [0.15, 0.2) is 0 Å². The normalized spacial score (nSPS) is 10.2. The van der Waals surface area contributed by atoms with Crippen LogP contribution in [-0.4, -0.2) is 12.0 Å². The second-order valence-corrected chi connectivity index (χ2v) is 5.19. The maximum absolute atomic E-state index is 6.18. The topological polar surface area (TPSA) is 29.3 Å². The highest BCUT2D eigenvalue weighted by Gasteiger charge is 2.13. The Hall–Kier alpha value is -1.58. The third-order valence-electron chi connectivity index (χ3n) is 2.91. The number of benzene rings is 2. The van der Waals surface area contributed by atoms with Gasteiger partial charge in [0, 0.05) is 19.3 Å². The lowest BCUT2D eigenvalue weighted by Crippen LogP contribution is -2.21. The fourth-order valence-corrected chi connectivity index (χ4v) is 2.56. The smallest absolute Gasteiger partial charge is 0.107 e. The highest BCUT2D eigenvalue weighted by Crippen LogP contribution is 2.27. The van der Waals surface area contributed by atoms with Gasteiger partial charge in [0.25, 0.3) is 0 Å². The molecule has 2 rings (SSSR count). The van der Waals surface area contributed by atoms with E-state index in [9.17, 15) is 0 Å². The molecule has 4 heteroatoms.